The summed E-state index contributed by atoms with van der Waals surface area (Å²) < 4.78 is 27.4. The number of hydrogen-bond acceptors (Lipinski definition) is 5. The van der Waals surface area contributed by atoms with Crippen LogP contribution in [0.15, 0.2) is 87.7 Å². The first-order chi connectivity index (χ1) is 15.0. The Hall–Kier alpha value is -2.68. The summed E-state index contributed by atoms with van der Waals surface area (Å²) in [4.78, 5) is 18.5. The number of hydrogen-bond donors (Lipinski definition) is 1. The van der Waals surface area contributed by atoms with Crippen molar-refractivity contribution in [1.82, 2.24) is 9.29 Å². The maximum absolute atomic E-state index is 13.0. The fraction of sp³-hybridized carbons (Fsp3) is 0.217. The topological polar surface area (TPSA) is 79.4 Å². The van der Waals surface area contributed by atoms with Crippen LogP contribution in [0.25, 0.3) is 0 Å². The highest BCUT2D eigenvalue weighted by atomic mass is 32.2. The van der Waals surface area contributed by atoms with Crippen molar-refractivity contribution in [3.63, 3.8) is 0 Å². The third-order valence-electron chi connectivity index (χ3n) is 5.02. The van der Waals surface area contributed by atoms with Crippen molar-refractivity contribution in [2.75, 3.05) is 18.4 Å². The molecule has 0 unspecified atom stereocenters. The Morgan fingerprint density at radius 2 is 1.71 bits per heavy atom. The molecule has 1 aromatic heterocycles. The van der Waals surface area contributed by atoms with Gasteiger partial charge in [-0.05, 0) is 55.3 Å². The van der Waals surface area contributed by atoms with Crippen molar-refractivity contribution in [1.29, 1.82) is 0 Å². The van der Waals surface area contributed by atoms with Gasteiger partial charge in [-0.1, -0.05) is 42.4 Å². The highest BCUT2D eigenvalue weighted by Crippen LogP contribution is 2.29. The van der Waals surface area contributed by atoms with Gasteiger partial charge in [0.1, 0.15) is 5.03 Å². The minimum atomic E-state index is -3.57. The molecule has 3 aromatic rings. The molecule has 1 N–H and O–H groups in total. The van der Waals surface area contributed by atoms with Gasteiger partial charge in [0, 0.05) is 29.9 Å². The molecule has 0 atom stereocenters. The number of anilines is 1. The van der Waals surface area contributed by atoms with Crippen LogP contribution in [0.2, 0.25) is 0 Å². The number of nitrogens with one attached hydrogen (secondary N) is 1. The summed E-state index contributed by atoms with van der Waals surface area (Å²) in [6.07, 6.45) is 4.45. The van der Waals surface area contributed by atoms with Crippen molar-refractivity contribution >= 4 is 33.4 Å². The maximum atomic E-state index is 13.0. The summed E-state index contributed by atoms with van der Waals surface area (Å²) in [6, 6.07) is 19.5. The second-order valence-corrected chi connectivity index (χ2v) is 10.2. The van der Waals surface area contributed by atoms with E-state index < -0.39 is 10.0 Å². The number of sulfonamides is 1. The lowest BCUT2D eigenvalue weighted by molar-refractivity contribution is 0.102. The van der Waals surface area contributed by atoms with Crippen LogP contribution in [-0.2, 0) is 10.0 Å². The summed E-state index contributed by atoms with van der Waals surface area (Å²) >= 11 is 1.40. The lowest BCUT2D eigenvalue weighted by Gasteiger charge is -2.26. The minimum absolute atomic E-state index is 0.192. The van der Waals surface area contributed by atoms with Gasteiger partial charge < -0.3 is 5.32 Å². The molecular weight excluding hydrogens is 430 g/mol. The average molecular weight is 454 g/mol. The number of amides is 1. The number of nitrogens with zero attached hydrogens (tertiary/aromatic N) is 2. The van der Waals surface area contributed by atoms with Gasteiger partial charge in [0.15, 0.2) is 0 Å². The normalized spacial score (nSPS) is 14.8. The van der Waals surface area contributed by atoms with Crippen LogP contribution in [0.3, 0.4) is 0 Å². The molecule has 1 fully saturated rings. The van der Waals surface area contributed by atoms with Crippen molar-refractivity contribution in [2.24, 2.45) is 0 Å². The summed E-state index contributed by atoms with van der Waals surface area (Å²) in [5.74, 6) is -0.334. The van der Waals surface area contributed by atoms with E-state index in [0.717, 1.165) is 24.2 Å². The quantitative estimate of drug-likeness (QED) is 0.587. The number of aromatic nitrogens is 1. The Morgan fingerprint density at radius 3 is 2.48 bits per heavy atom. The van der Waals surface area contributed by atoms with E-state index in [0.29, 0.717) is 29.4 Å². The Morgan fingerprint density at radius 1 is 0.935 bits per heavy atom. The van der Waals surface area contributed by atoms with Gasteiger partial charge in [-0.2, -0.15) is 4.31 Å². The molecule has 1 amide bonds. The molecule has 2 aromatic carbocycles. The molecule has 160 valence electrons. The first kappa shape index (κ1) is 21.5. The van der Waals surface area contributed by atoms with Crippen LogP contribution in [0, 0.1) is 0 Å². The van der Waals surface area contributed by atoms with E-state index in [9.17, 15) is 13.2 Å². The van der Waals surface area contributed by atoms with E-state index in [1.54, 1.807) is 36.5 Å². The smallest absolute Gasteiger partial charge is 0.258 e. The van der Waals surface area contributed by atoms with Crippen LogP contribution in [0.5, 0.6) is 0 Å². The van der Waals surface area contributed by atoms with Crippen LogP contribution < -0.4 is 5.32 Å². The highest BCUT2D eigenvalue weighted by molar-refractivity contribution is 7.99. The summed E-state index contributed by atoms with van der Waals surface area (Å²) in [7, 11) is -3.57. The van der Waals surface area contributed by atoms with E-state index in [4.69, 9.17) is 0 Å². The number of rotatable bonds is 6. The van der Waals surface area contributed by atoms with E-state index in [1.807, 2.05) is 30.3 Å². The molecular formula is C23H23N3O3S2. The predicted molar refractivity (Wildman–Crippen MR) is 122 cm³/mol. The van der Waals surface area contributed by atoms with Crippen LogP contribution in [-0.4, -0.2) is 36.7 Å². The maximum Gasteiger partial charge on any atom is 0.258 e. The molecule has 2 heterocycles. The summed E-state index contributed by atoms with van der Waals surface area (Å²) in [5.41, 5.74) is 0.864. The van der Waals surface area contributed by atoms with Gasteiger partial charge in [0.25, 0.3) is 5.91 Å². The number of carbonyl (C=O) groups is 1. The molecule has 1 saturated heterocycles. The zero-order chi connectivity index (χ0) is 21.7. The third-order valence-corrected chi connectivity index (χ3v) is 7.94. The molecule has 31 heavy (non-hydrogen) atoms. The molecule has 1 aliphatic heterocycles. The van der Waals surface area contributed by atoms with Crippen LogP contribution in [0.1, 0.15) is 29.6 Å². The molecule has 0 spiro atoms. The third kappa shape index (κ3) is 5.15. The molecule has 6 nitrogen and oxygen atoms in total. The Labute approximate surface area is 186 Å². The number of piperidine rings is 1. The van der Waals surface area contributed by atoms with Crippen molar-refractivity contribution < 1.29 is 13.2 Å². The van der Waals surface area contributed by atoms with Gasteiger partial charge in [0.2, 0.25) is 10.0 Å². The largest absolute Gasteiger partial charge is 0.322 e. The lowest BCUT2D eigenvalue weighted by Crippen LogP contribution is -2.35. The Bertz CT molecular complexity index is 1160. The van der Waals surface area contributed by atoms with Gasteiger partial charge in [-0.15, -0.1) is 0 Å². The lowest BCUT2D eigenvalue weighted by atomic mass is 10.2. The predicted octanol–water partition coefficient (Wildman–Crippen LogP) is 4.66. The molecule has 4 rings (SSSR count). The first-order valence-corrected chi connectivity index (χ1v) is 12.4. The number of carbonyl (C=O) groups excluding carboxylic acids is 1. The van der Waals surface area contributed by atoms with Gasteiger partial charge in [-0.3, -0.25) is 4.79 Å². The SMILES string of the molecule is O=C(Nc1cccc(S(=O)(=O)N2CCCCC2)c1)c1cccnc1Sc1ccccc1. The monoisotopic (exact) mass is 453 g/mol. The fourth-order valence-corrected chi connectivity index (χ4v) is 5.90. The van der Waals surface area contributed by atoms with Crippen molar-refractivity contribution in [3.8, 4) is 0 Å². The molecule has 0 radical (unpaired) electrons. The summed E-state index contributed by atoms with van der Waals surface area (Å²) in [5, 5.41) is 3.41. The average Bonchev–Trinajstić information content (AvgIpc) is 2.81. The fourth-order valence-electron chi connectivity index (χ4n) is 3.43. The highest BCUT2D eigenvalue weighted by Gasteiger charge is 2.26. The second-order valence-electron chi connectivity index (χ2n) is 7.22. The van der Waals surface area contributed by atoms with E-state index in [2.05, 4.69) is 10.3 Å². The van der Waals surface area contributed by atoms with Gasteiger partial charge in [0.05, 0.1) is 10.5 Å². The standard InChI is InChI=1S/C23H23N3O3S2/c27-22(21-13-8-14-24-23(21)30-19-10-3-1-4-11-19)25-18-9-7-12-20(17-18)31(28,29)26-15-5-2-6-16-26/h1,3-4,7-14,17H,2,5-6,15-16H2,(H,25,27). The number of benzene rings is 2. The second kappa shape index (κ2) is 9.64. The zero-order valence-corrected chi connectivity index (χ0v) is 18.5. The van der Waals surface area contributed by atoms with E-state index in [-0.39, 0.29) is 10.8 Å². The molecule has 1 aliphatic rings. The molecule has 8 heteroatoms. The van der Waals surface area contributed by atoms with Gasteiger partial charge in [-0.25, -0.2) is 13.4 Å². The molecule has 0 saturated carbocycles. The van der Waals surface area contributed by atoms with Crippen molar-refractivity contribution in [3.05, 3.63) is 78.5 Å². The first-order valence-electron chi connectivity index (χ1n) is 10.1. The molecule has 0 aliphatic carbocycles. The van der Waals surface area contributed by atoms with E-state index in [1.165, 1.54) is 22.1 Å². The van der Waals surface area contributed by atoms with E-state index >= 15 is 0 Å². The minimum Gasteiger partial charge on any atom is -0.322 e. The zero-order valence-electron chi connectivity index (χ0n) is 16.9. The Kier molecular flexibility index (Phi) is 6.70. The van der Waals surface area contributed by atoms with Gasteiger partial charge >= 0.3 is 0 Å². The van der Waals surface area contributed by atoms with Crippen LogP contribution in [0.4, 0.5) is 5.69 Å². The summed E-state index contributed by atoms with van der Waals surface area (Å²) in [6.45, 7) is 1.07. The van der Waals surface area contributed by atoms with Crippen molar-refractivity contribution in [2.45, 2.75) is 34.1 Å². The molecule has 0 bridgehead atoms. The Balaban J connectivity index is 1.54. The van der Waals surface area contributed by atoms with Crippen LogP contribution >= 0.6 is 11.8 Å². The number of pyridine rings is 1.